The van der Waals surface area contributed by atoms with E-state index >= 15 is 0 Å². The molecule has 0 aliphatic carbocycles. The Bertz CT molecular complexity index is 1120. The number of para-hydroxylation sites is 1. The predicted molar refractivity (Wildman–Crippen MR) is 106 cm³/mol. The van der Waals surface area contributed by atoms with E-state index < -0.39 is 10.0 Å². The Morgan fingerprint density at radius 2 is 1.89 bits per heavy atom. The Morgan fingerprint density at radius 3 is 2.56 bits per heavy atom. The summed E-state index contributed by atoms with van der Waals surface area (Å²) in [6, 6.07) is 16.8. The summed E-state index contributed by atoms with van der Waals surface area (Å²) in [5, 5.41) is 12.7. The van der Waals surface area contributed by atoms with Gasteiger partial charge in [0.2, 0.25) is 0 Å². The van der Waals surface area contributed by atoms with Gasteiger partial charge in [0.05, 0.1) is 28.0 Å². The van der Waals surface area contributed by atoms with Gasteiger partial charge in [0.1, 0.15) is 11.9 Å². The van der Waals surface area contributed by atoms with E-state index in [1.807, 2.05) is 0 Å². The van der Waals surface area contributed by atoms with Gasteiger partial charge in [-0.05, 0) is 55.0 Å². The number of halogens is 1. The van der Waals surface area contributed by atoms with Crippen molar-refractivity contribution in [1.82, 2.24) is 4.98 Å². The molecule has 0 atom stereocenters. The topological polar surface area (TPSA) is 94.9 Å². The molecule has 0 radical (unpaired) electrons. The number of aryl methyl sites for hydroxylation is 1. The number of nitrogens with zero attached hydrogens (tertiary/aromatic N) is 2. The van der Waals surface area contributed by atoms with Crippen molar-refractivity contribution in [2.75, 3.05) is 10.0 Å². The molecule has 0 saturated heterocycles. The van der Waals surface area contributed by atoms with E-state index in [0.717, 1.165) is 0 Å². The summed E-state index contributed by atoms with van der Waals surface area (Å²) in [5.41, 5.74) is 2.11. The molecule has 1 aromatic heterocycles. The summed E-state index contributed by atoms with van der Waals surface area (Å²) in [4.78, 5) is 4.31. The van der Waals surface area contributed by atoms with Crippen LogP contribution in [0.1, 0.15) is 11.1 Å². The number of sulfonamides is 1. The van der Waals surface area contributed by atoms with Crippen molar-refractivity contribution < 1.29 is 8.42 Å². The van der Waals surface area contributed by atoms with Gasteiger partial charge < -0.3 is 5.32 Å². The number of aromatic nitrogens is 1. The smallest absolute Gasteiger partial charge is 0.261 e. The van der Waals surface area contributed by atoms with E-state index in [4.69, 9.17) is 16.9 Å². The Morgan fingerprint density at radius 1 is 1.11 bits per heavy atom. The van der Waals surface area contributed by atoms with E-state index in [9.17, 15) is 8.42 Å². The summed E-state index contributed by atoms with van der Waals surface area (Å²) < 4.78 is 27.5. The Labute approximate surface area is 162 Å². The van der Waals surface area contributed by atoms with Crippen LogP contribution < -0.4 is 10.0 Å². The van der Waals surface area contributed by atoms with Crippen molar-refractivity contribution in [3.63, 3.8) is 0 Å². The minimum atomic E-state index is -3.75. The fraction of sp³-hybridized carbons (Fsp3) is 0.0526. The summed E-state index contributed by atoms with van der Waals surface area (Å²) >= 11 is 5.94. The number of nitriles is 1. The van der Waals surface area contributed by atoms with Crippen LogP contribution in [0.5, 0.6) is 0 Å². The molecule has 27 heavy (non-hydrogen) atoms. The van der Waals surface area contributed by atoms with Gasteiger partial charge in [0, 0.05) is 5.02 Å². The van der Waals surface area contributed by atoms with E-state index in [2.05, 4.69) is 21.1 Å². The average Bonchev–Trinajstić information content (AvgIpc) is 2.65. The molecule has 0 amide bonds. The molecule has 136 valence electrons. The lowest BCUT2D eigenvalue weighted by Gasteiger charge is -2.11. The second kappa shape index (κ2) is 7.66. The largest absolute Gasteiger partial charge is 0.339 e. The zero-order chi connectivity index (χ0) is 19.4. The highest BCUT2D eigenvalue weighted by molar-refractivity contribution is 7.92. The van der Waals surface area contributed by atoms with Crippen LogP contribution in [0.2, 0.25) is 5.02 Å². The number of rotatable bonds is 5. The molecule has 0 aliphatic heterocycles. The molecule has 6 nitrogen and oxygen atoms in total. The molecule has 3 aromatic rings. The van der Waals surface area contributed by atoms with Crippen LogP contribution >= 0.6 is 11.6 Å². The fourth-order valence-corrected chi connectivity index (χ4v) is 3.60. The van der Waals surface area contributed by atoms with Crippen LogP contribution in [0.15, 0.2) is 65.7 Å². The van der Waals surface area contributed by atoms with Crippen LogP contribution in [0, 0.1) is 18.3 Å². The number of hydrogen-bond donors (Lipinski definition) is 2. The van der Waals surface area contributed by atoms with Gasteiger partial charge in [-0.25, -0.2) is 13.4 Å². The van der Waals surface area contributed by atoms with Gasteiger partial charge in [-0.3, -0.25) is 4.72 Å². The minimum Gasteiger partial charge on any atom is -0.339 e. The molecule has 0 spiro atoms. The zero-order valence-electron chi connectivity index (χ0n) is 14.3. The van der Waals surface area contributed by atoms with E-state index in [-0.39, 0.29) is 4.90 Å². The molecule has 0 bridgehead atoms. The third-order valence-corrected chi connectivity index (χ3v) is 5.57. The Kier molecular flexibility index (Phi) is 5.31. The van der Waals surface area contributed by atoms with Gasteiger partial charge in [0.25, 0.3) is 10.0 Å². The van der Waals surface area contributed by atoms with Gasteiger partial charge in [-0.15, -0.1) is 0 Å². The molecule has 0 fully saturated rings. The first kappa shape index (κ1) is 18.7. The first-order chi connectivity index (χ1) is 12.9. The van der Waals surface area contributed by atoms with Crippen LogP contribution in [0.3, 0.4) is 0 Å². The van der Waals surface area contributed by atoms with Crippen molar-refractivity contribution in [3.05, 3.63) is 76.9 Å². The average molecular weight is 399 g/mol. The summed E-state index contributed by atoms with van der Waals surface area (Å²) in [5.74, 6) is 0.489. The van der Waals surface area contributed by atoms with Crippen LogP contribution in [0.25, 0.3) is 0 Å². The van der Waals surface area contributed by atoms with E-state index in [1.165, 1.54) is 18.3 Å². The summed E-state index contributed by atoms with van der Waals surface area (Å²) in [6.07, 6.45) is 1.40. The second-order valence-corrected chi connectivity index (χ2v) is 7.82. The van der Waals surface area contributed by atoms with Crippen LogP contribution in [-0.4, -0.2) is 13.4 Å². The molecule has 8 heteroatoms. The Hall–Kier alpha value is -3.08. The highest BCUT2D eigenvalue weighted by Gasteiger charge is 2.15. The normalized spacial score (nSPS) is 10.9. The molecule has 3 rings (SSSR count). The quantitative estimate of drug-likeness (QED) is 0.661. The number of anilines is 3. The molecule has 0 saturated carbocycles. The maximum Gasteiger partial charge on any atom is 0.261 e. The number of benzene rings is 2. The molecule has 1 heterocycles. The highest BCUT2D eigenvalue weighted by Crippen LogP contribution is 2.23. The fourth-order valence-electron chi connectivity index (χ4n) is 2.35. The highest BCUT2D eigenvalue weighted by atomic mass is 35.5. The predicted octanol–water partition coefficient (Wildman–Crippen LogP) is 4.46. The molecule has 0 unspecified atom stereocenters. The van der Waals surface area contributed by atoms with Crippen molar-refractivity contribution in [3.8, 4) is 6.07 Å². The van der Waals surface area contributed by atoms with Crippen LogP contribution in [-0.2, 0) is 10.0 Å². The first-order valence-electron chi connectivity index (χ1n) is 7.90. The molecule has 0 aliphatic rings. The SMILES string of the molecule is Cc1cc(S(=O)(=O)Nc2ccc(Nc3ccccc3C#N)nc2)ccc1Cl. The second-order valence-electron chi connectivity index (χ2n) is 5.73. The lowest BCUT2D eigenvalue weighted by atomic mass is 10.2. The standard InChI is InChI=1S/C19H15ClN4O2S/c1-13-10-16(7-8-17(13)20)27(25,26)24-15-6-9-19(22-12-15)23-18-5-3-2-4-14(18)11-21/h2-10,12,24H,1H3,(H,22,23). The van der Waals surface area contributed by atoms with E-state index in [0.29, 0.717) is 33.3 Å². The first-order valence-corrected chi connectivity index (χ1v) is 9.76. The minimum absolute atomic E-state index is 0.120. The zero-order valence-corrected chi connectivity index (χ0v) is 15.8. The van der Waals surface area contributed by atoms with Crippen molar-refractivity contribution in [2.24, 2.45) is 0 Å². The third-order valence-electron chi connectivity index (χ3n) is 3.77. The lowest BCUT2D eigenvalue weighted by Crippen LogP contribution is -2.13. The van der Waals surface area contributed by atoms with Crippen molar-refractivity contribution >= 4 is 38.8 Å². The van der Waals surface area contributed by atoms with E-state index in [1.54, 1.807) is 49.4 Å². The van der Waals surface area contributed by atoms with Gasteiger partial charge in [-0.1, -0.05) is 23.7 Å². The molecule has 2 N–H and O–H groups in total. The number of pyridine rings is 1. The van der Waals surface area contributed by atoms with Gasteiger partial charge in [-0.2, -0.15) is 5.26 Å². The molecular formula is C19H15ClN4O2S. The number of nitrogens with one attached hydrogen (secondary N) is 2. The summed E-state index contributed by atoms with van der Waals surface area (Å²) in [6.45, 7) is 1.74. The maximum atomic E-state index is 12.5. The monoisotopic (exact) mass is 398 g/mol. The number of hydrogen-bond acceptors (Lipinski definition) is 5. The van der Waals surface area contributed by atoms with Crippen molar-refractivity contribution in [2.45, 2.75) is 11.8 Å². The van der Waals surface area contributed by atoms with Gasteiger partial charge in [0.15, 0.2) is 0 Å². The lowest BCUT2D eigenvalue weighted by molar-refractivity contribution is 0.601. The maximum absolute atomic E-state index is 12.5. The summed E-state index contributed by atoms with van der Waals surface area (Å²) in [7, 11) is -3.75. The molecular weight excluding hydrogens is 384 g/mol. The third kappa shape index (κ3) is 4.37. The molecule has 2 aromatic carbocycles. The van der Waals surface area contributed by atoms with Gasteiger partial charge >= 0.3 is 0 Å². The van der Waals surface area contributed by atoms with Crippen molar-refractivity contribution in [1.29, 1.82) is 5.26 Å². The Balaban J connectivity index is 1.77. The van der Waals surface area contributed by atoms with Crippen LogP contribution in [0.4, 0.5) is 17.2 Å².